The van der Waals surface area contributed by atoms with Crippen LogP contribution in [0.15, 0.2) is 36.4 Å². The Labute approximate surface area is 144 Å². The lowest BCUT2D eigenvalue weighted by atomic mass is 10.3. The molecule has 0 saturated heterocycles. The SMILES string of the molecule is CCc1nc2ccccc2n1CC(=O)N(C)Cc1ccc(Cl)s1. The van der Waals surface area contributed by atoms with Crippen molar-refractivity contribution in [2.75, 3.05) is 7.05 Å². The van der Waals surface area contributed by atoms with Crippen molar-refractivity contribution in [2.24, 2.45) is 0 Å². The first-order valence-electron chi connectivity index (χ1n) is 7.50. The number of aryl methyl sites for hydroxylation is 1. The first-order valence-corrected chi connectivity index (χ1v) is 8.70. The maximum atomic E-state index is 12.6. The topological polar surface area (TPSA) is 38.1 Å². The van der Waals surface area contributed by atoms with Crippen LogP contribution in [0.4, 0.5) is 0 Å². The highest BCUT2D eigenvalue weighted by Crippen LogP contribution is 2.23. The molecule has 0 saturated carbocycles. The molecule has 0 fully saturated rings. The molecule has 0 atom stereocenters. The number of para-hydroxylation sites is 2. The largest absolute Gasteiger partial charge is 0.339 e. The predicted molar refractivity (Wildman–Crippen MR) is 94.9 cm³/mol. The van der Waals surface area contributed by atoms with Gasteiger partial charge in [0.15, 0.2) is 0 Å². The minimum Gasteiger partial charge on any atom is -0.339 e. The summed E-state index contributed by atoms with van der Waals surface area (Å²) in [6.07, 6.45) is 0.798. The smallest absolute Gasteiger partial charge is 0.242 e. The molecule has 4 nitrogen and oxygen atoms in total. The summed E-state index contributed by atoms with van der Waals surface area (Å²) in [4.78, 5) is 20.0. The zero-order chi connectivity index (χ0) is 16.4. The lowest BCUT2D eigenvalue weighted by Gasteiger charge is -2.17. The fourth-order valence-corrected chi connectivity index (χ4v) is 3.73. The summed E-state index contributed by atoms with van der Waals surface area (Å²) >= 11 is 7.45. The van der Waals surface area contributed by atoms with Crippen molar-refractivity contribution in [1.29, 1.82) is 0 Å². The molecule has 6 heteroatoms. The van der Waals surface area contributed by atoms with Gasteiger partial charge < -0.3 is 9.47 Å². The number of benzene rings is 1. The molecule has 0 N–H and O–H groups in total. The van der Waals surface area contributed by atoms with E-state index < -0.39 is 0 Å². The number of amides is 1. The van der Waals surface area contributed by atoms with Gasteiger partial charge in [0.1, 0.15) is 12.4 Å². The zero-order valence-electron chi connectivity index (χ0n) is 13.1. The molecule has 0 unspecified atom stereocenters. The van der Waals surface area contributed by atoms with Crippen LogP contribution in [0.25, 0.3) is 11.0 Å². The van der Waals surface area contributed by atoms with Crippen molar-refractivity contribution in [2.45, 2.75) is 26.4 Å². The highest BCUT2D eigenvalue weighted by molar-refractivity contribution is 7.16. The summed E-state index contributed by atoms with van der Waals surface area (Å²) in [7, 11) is 1.82. The summed E-state index contributed by atoms with van der Waals surface area (Å²) in [5.41, 5.74) is 1.94. The number of nitrogens with zero attached hydrogens (tertiary/aromatic N) is 3. The summed E-state index contributed by atoms with van der Waals surface area (Å²) in [5, 5.41) is 0. The van der Waals surface area contributed by atoms with E-state index in [-0.39, 0.29) is 5.91 Å². The van der Waals surface area contributed by atoms with Gasteiger partial charge >= 0.3 is 0 Å². The van der Waals surface area contributed by atoms with Gasteiger partial charge in [-0.05, 0) is 24.3 Å². The lowest BCUT2D eigenvalue weighted by Crippen LogP contribution is -2.30. The van der Waals surface area contributed by atoms with Gasteiger partial charge in [-0.2, -0.15) is 0 Å². The third kappa shape index (κ3) is 3.41. The first-order chi connectivity index (χ1) is 11.1. The number of carbonyl (C=O) groups excluding carboxylic acids is 1. The van der Waals surface area contributed by atoms with E-state index in [1.807, 2.05) is 48.0 Å². The van der Waals surface area contributed by atoms with Crippen molar-refractivity contribution < 1.29 is 4.79 Å². The molecule has 0 aliphatic heterocycles. The molecule has 1 aromatic carbocycles. The number of thiophene rings is 1. The third-order valence-corrected chi connectivity index (χ3v) is 5.01. The van der Waals surface area contributed by atoms with Gasteiger partial charge in [0, 0.05) is 18.3 Å². The minimum absolute atomic E-state index is 0.0624. The average molecular weight is 348 g/mol. The maximum absolute atomic E-state index is 12.6. The van der Waals surface area contributed by atoms with E-state index >= 15 is 0 Å². The molecule has 0 bridgehead atoms. The lowest BCUT2D eigenvalue weighted by molar-refractivity contribution is -0.131. The van der Waals surface area contributed by atoms with Crippen LogP contribution in [0, 0.1) is 0 Å². The van der Waals surface area contributed by atoms with Crippen LogP contribution in [-0.4, -0.2) is 27.4 Å². The Morgan fingerprint density at radius 2 is 2.09 bits per heavy atom. The van der Waals surface area contributed by atoms with Crippen LogP contribution >= 0.6 is 22.9 Å². The van der Waals surface area contributed by atoms with Gasteiger partial charge in [0.25, 0.3) is 0 Å². The molecule has 0 aliphatic rings. The second-order valence-electron chi connectivity index (χ2n) is 5.41. The quantitative estimate of drug-likeness (QED) is 0.700. The van der Waals surface area contributed by atoms with E-state index in [9.17, 15) is 4.79 Å². The second-order valence-corrected chi connectivity index (χ2v) is 7.21. The molecule has 0 aliphatic carbocycles. The maximum Gasteiger partial charge on any atom is 0.242 e. The van der Waals surface area contributed by atoms with Crippen molar-refractivity contribution in [3.63, 3.8) is 0 Å². The Hall–Kier alpha value is -1.85. The van der Waals surface area contributed by atoms with Gasteiger partial charge in [-0.15, -0.1) is 11.3 Å². The molecule has 23 heavy (non-hydrogen) atoms. The molecular formula is C17H18ClN3OS. The summed E-state index contributed by atoms with van der Waals surface area (Å²) in [6.45, 7) is 2.93. The molecule has 2 aromatic heterocycles. The number of imidazole rings is 1. The molecule has 3 aromatic rings. The zero-order valence-corrected chi connectivity index (χ0v) is 14.7. The number of hydrogen-bond acceptors (Lipinski definition) is 3. The number of rotatable bonds is 5. The molecular weight excluding hydrogens is 330 g/mol. The van der Waals surface area contributed by atoms with E-state index in [2.05, 4.69) is 11.9 Å². The standard InChI is InChI=1S/C17H18ClN3OS/c1-3-16-19-13-6-4-5-7-14(13)21(16)11-17(22)20(2)10-12-8-9-15(18)23-12/h4-9H,3,10-11H2,1-2H3. The van der Waals surface area contributed by atoms with E-state index in [0.717, 1.165) is 32.5 Å². The van der Waals surface area contributed by atoms with E-state index in [1.165, 1.54) is 11.3 Å². The van der Waals surface area contributed by atoms with Crippen LogP contribution in [0.1, 0.15) is 17.6 Å². The Bertz CT molecular complexity index is 839. The summed E-state index contributed by atoms with van der Waals surface area (Å²) in [6, 6.07) is 11.7. The van der Waals surface area contributed by atoms with Gasteiger partial charge in [-0.25, -0.2) is 4.98 Å². The highest BCUT2D eigenvalue weighted by atomic mass is 35.5. The van der Waals surface area contributed by atoms with Crippen molar-refractivity contribution in [1.82, 2.24) is 14.5 Å². The van der Waals surface area contributed by atoms with Gasteiger partial charge in [0.2, 0.25) is 5.91 Å². The van der Waals surface area contributed by atoms with Crippen molar-refractivity contribution >= 4 is 39.9 Å². The van der Waals surface area contributed by atoms with Crippen molar-refractivity contribution in [3.05, 3.63) is 51.4 Å². The van der Waals surface area contributed by atoms with Crippen LogP contribution in [-0.2, 0) is 24.3 Å². The second kappa shape index (κ2) is 6.72. The number of hydrogen-bond donors (Lipinski definition) is 0. The Kier molecular flexibility index (Phi) is 4.68. The monoisotopic (exact) mass is 347 g/mol. The normalized spacial score (nSPS) is 11.1. The van der Waals surface area contributed by atoms with Gasteiger partial charge in [-0.3, -0.25) is 4.79 Å². The van der Waals surface area contributed by atoms with E-state index in [4.69, 9.17) is 11.6 Å². The fourth-order valence-electron chi connectivity index (χ4n) is 2.59. The van der Waals surface area contributed by atoms with Gasteiger partial charge in [-0.1, -0.05) is 30.7 Å². The van der Waals surface area contributed by atoms with Crippen LogP contribution in [0.3, 0.4) is 0 Å². The number of carbonyl (C=O) groups is 1. The number of likely N-dealkylation sites (N-methyl/N-ethyl adjacent to an activating group) is 1. The molecule has 0 spiro atoms. The Morgan fingerprint density at radius 3 is 2.78 bits per heavy atom. The van der Waals surface area contributed by atoms with Gasteiger partial charge in [0.05, 0.1) is 21.9 Å². The average Bonchev–Trinajstić information content (AvgIpc) is 3.11. The summed E-state index contributed by atoms with van der Waals surface area (Å²) in [5.74, 6) is 1.000. The predicted octanol–water partition coefficient (Wildman–Crippen LogP) is 3.97. The highest BCUT2D eigenvalue weighted by Gasteiger charge is 2.15. The molecule has 120 valence electrons. The van der Waals surface area contributed by atoms with E-state index in [1.54, 1.807) is 4.90 Å². The Morgan fingerprint density at radius 1 is 1.30 bits per heavy atom. The summed E-state index contributed by atoms with van der Waals surface area (Å²) < 4.78 is 2.75. The van der Waals surface area contributed by atoms with Crippen LogP contribution < -0.4 is 0 Å². The first kappa shape index (κ1) is 16.0. The number of aromatic nitrogens is 2. The van der Waals surface area contributed by atoms with Crippen LogP contribution in [0.5, 0.6) is 0 Å². The number of fused-ring (bicyclic) bond motifs is 1. The third-order valence-electron chi connectivity index (χ3n) is 3.79. The molecule has 0 radical (unpaired) electrons. The molecule has 1 amide bonds. The number of halogens is 1. The minimum atomic E-state index is 0.0624. The molecule has 3 rings (SSSR count). The Balaban J connectivity index is 1.79. The molecule has 2 heterocycles. The van der Waals surface area contributed by atoms with E-state index in [0.29, 0.717) is 13.1 Å². The fraction of sp³-hybridized carbons (Fsp3) is 0.294. The van der Waals surface area contributed by atoms with Crippen LogP contribution in [0.2, 0.25) is 4.34 Å². The van der Waals surface area contributed by atoms with Crippen molar-refractivity contribution in [3.8, 4) is 0 Å².